The van der Waals surface area contributed by atoms with Gasteiger partial charge in [0.05, 0.1) is 0 Å². The molecule has 1 aromatic rings. The molecule has 3 amide bonds. The van der Waals surface area contributed by atoms with Crippen LogP contribution in [0.3, 0.4) is 0 Å². The standard InChI is InChI=1S/C17H23FN4O2/c18-13-4-6-14(7-5-13)20-8-2-9-21(12-11-20)16(23)15-3-1-10-22(15)17(19)24/h4-7,15H,1-3,8-12H2,(H2,19,24)/t15-/m0/s1. The van der Waals surface area contributed by atoms with E-state index in [9.17, 15) is 14.0 Å². The highest BCUT2D eigenvalue weighted by molar-refractivity contribution is 5.87. The van der Waals surface area contributed by atoms with Crippen molar-refractivity contribution in [3.8, 4) is 0 Å². The Labute approximate surface area is 141 Å². The third-order valence-corrected chi connectivity index (χ3v) is 4.82. The maximum atomic E-state index is 13.1. The average molecular weight is 334 g/mol. The van der Waals surface area contributed by atoms with Crippen LogP contribution in [0.25, 0.3) is 0 Å². The Morgan fingerprint density at radius 3 is 2.46 bits per heavy atom. The number of benzene rings is 1. The van der Waals surface area contributed by atoms with E-state index in [1.165, 1.54) is 17.0 Å². The summed E-state index contributed by atoms with van der Waals surface area (Å²) in [6, 6.07) is 5.49. The van der Waals surface area contributed by atoms with Crippen LogP contribution < -0.4 is 10.6 Å². The molecule has 2 aliphatic heterocycles. The number of nitrogens with two attached hydrogens (primary N) is 1. The summed E-state index contributed by atoms with van der Waals surface area (Å²) in [6.07, 6.45) is 2.33. The Hall–Kier alpha value is -2.31. The average Bonchev–Trinajstić information content (AvgIpc) is 2.94. The lowest BCUT2D eigenvalue weighted by Gasteiger charge is -2.29. The van der Waals surface area contributed by atoms with Crippen molar-refractivity contribution in [2.75, 3.05) is 37.6 Å². The first-order valence-electron chi connectivity index (χ1n) is 8.41. The molecule has 2 saturated heterocycles. The predicted octanol–water partition coefficient (Wildman–Crippen LogP) is 1.41. The first kappa shape index (κ1) is 16.5. The van der Waals surface area contributed by atoms with Crippen molar-refractivity contribution in [1.82, 2.24) is 9.80 Å². The summed E-state index contributed by atoms with van der Waals surface area (Å²) in [4.78, 5) is 29.7. The van der Waals surface area contributed by atoms with Crippen LogP contribution in [0.2, 0.25) is 0 Å². The van der Waals surface area contributed by atoms with Gasteiger partial charge in [0, 0.05) is 38.4 Å². The molecule has 6 nitrogen and oxygen atoms in total. The van der Waals surface area contributed by atoms with Crippen molar-refractivity contribution < 1.29 is 14.0 Å². The minimum absolute atomic E-state index is 0.00717. The van der Waals surface area contributed by atoms with Crippen molar-refractivity contribution in [3.63, 3.8) is 0 Å². The van der Waals surface area contributed by atoms with Crippen LogP contribution >= 0.6 is 0 Å². The van der Waals surface area contributed by atoms with E-state index >= 15 is 0 Å². The van der Waals surface area contributed by atoms with Gasteiger partial charge in [-0.1, -0.05) is 0 Å². The number of rotatable bonds is 2. The SMILES string of the molecule is NC(=O)N1CCC[C@H]1C(=O)N1CCCN(c2ccc(F)cc2)CC1. The van der Waals surface area contributed by atoms with Gasteiger partial charge in [-0.25, -0.2) is 9.18 Å². The molecule has 2 aliphatic rings. The molecule has 0 saturated carbocycles. The number of hydrogen-bond acceptors (Lipinski definition) is 3. The number of urea groups is 1. The molecule has 130 valence electrons. The fraction of sp³-hybridized carbons (Fsp3) is 0.529. The molecular formula is C17H23FN4O2. The molecule has 0 aliphatic carbocycles. The van der Waals surface area contributed by atoms with Crippen LogP contribution in [0.5, 0.6) is 0 Å². The zero-order chi connectivity index (χ0) is 17.1. The Morgan fingerprint density at radius 2 is 1.75 bits per heavy atom. The van der Waals surface area contributed by atoms with Gasteiger partial charge in [0.15, 0.2) is 0 Å². The number of amides is 3. The lowest BCUT2D eigenvalue weighted by molar-refractivity contribution is -0.134. The smallest absolute Gasteiger partial charge is 0.315 e. The molecule has 24 heavy (non-hydrogen) atoms. The molecule has 2 N–H and O–H groups in total. The van der Waals surface area contributed by atoms with E-state index in [1.54, 1.807) is 12.1 Å². The summed E-state index contributed by atoms with van der Waals surface area (Å²) in [5.41, 5.74) is 6.34. The van der Waals surface area contributed by atoms with E-state index < -0.39 is 12.1 Å². The Bertz CT molecular complexity index is 607. The van der Waals surface area contributed by atoms with E-state index in [0.29, 0.717) is 32.6 Å². The van der Waals surface area contributed by atoms with Gasteiger partial charge in [0.25, 0.3) is 0 Å². The van der Waals surface area contributed by atoms with Crippen LogP contribution in [-0.4, -0.2) is 60.5 Å². The minimum Gasteiger partial charge on any atom is -0.370 e. The predicted molar refractivity (Wildman–Crippen MR) is 89.1 cm³/mol. The zero-order valence-electron chi connectivity index (χ0n) is 13.7. The van der Waals surface area contributed by atoms with Crippen LogP contribution in [0.4, 0.5) is 14.9 Å². The fourth-order valence-electron chi connectivity index (χ4n) is 3.55. The van der Waals surface area contributed by atoms with Crippen LogP contribution in [0.15, 0.2) is 24.3 Å². The van der Waals surface area contributed by atoms with Crippen LogP contribution in [-0.2, 0) is 4.79 Å². The third kappa shape index (κ3) is 3.44. The summed E-state index contributed by atoms with van der Waals surface area (Å²) >= 11 is 0. The monoisotopic (exact) mass is 334 g/mol. The Balaban J connectivity index is 1.63. The molecule has 0 aromatic heterocycles. The molecule has 2 fully saturated rings. The third-order valence-electron chi connectivity index (χ3n) is 4.82. The molecule has 0 radical (unpaired) electrons. The van der Waals surface area contributed by atoms with Gasteiger partial charge in [-0.2, -0.15) is 0 Å². The summed E-state index contributed by atoms with van der Waals surface area (Å²) in [6.45, 7) is 3.33. The summed E-state index contributed by atoms with van der Waals surface area (Å²) in [7, 11) is 0. The van der Waals surface area contributed by atoms with E-state index in [-0.39, 0.29) is 11.7 Å². The van der Waals surface area contributed by atoms with Crippen molar-refractivity contribution in [2.24, 2.45) is 5.73 Å². The number of halogens is 1. The Kier molecular flexibility index (Phi) is 4.87. The minimum atomic E-state index is -0.520. The first-order chi connectivity index (χ1) is 11.6. The van der Waals surface area contributed by atoms with Crippen molar-refractivity contribution in [2.45, 2.75) is 25.3 Å². The summed E-state index contributed by atoms with van der Waals surface area (Å²) in [5.74, 6) is -0.259. The maximum Gasteiger partial charge on any atom is 0.315 e. The highest BCUT2D eigenvalue weighted by Crippen LogP contribution is 2.21. The van der Waals surface area contributed by atoms with Crippen molar-refractivity contribution in [3.05, 3.63) is 30.1 Å². The number of carbonyl (C=O) groups is 2. The highest BCUT2D eigenvalue weighted by atomic mass is 19.1. The van der Waals surface area contributed by atoms with Crippen molar-refractivity contribution >= 4 is 17.6 Å². The quantitative estimate of drug-likeness (QED) is 0.889. The first-order valence-corrected chi connectivity index (χ1v) is 8.41. The largest absolute Gasteiger partial charge is 0.370 e. The maximum absolute atomic E-state index is 13.1. The van der Waals surface area contributed by atoms with Gasteiger partial charge < -0.3 is 20.4 Å². The van der Waals surface area contributed by atoms with Gasteiger partial charge >= 0.3 is 6.03 Å². The second-order valence-corrected chi connectivity index (χ2v) is 6.33. The van der Waals surface area contributed by atoms with Gasteiger partial charge in [0.2, 0.25) is 5.91 Å². The number of anilines is 1. The van der Waals surface area contributed by atoms with Crippen LogP contribution in [0, 0.1) is 5.82 Å². The second-order valence-electron chi connectivity index (χ2n) is 6.33. The van der Waals surface area contributed by atoms with Gasteiger partial charge in [0.1, 0.15) is 11.9 Å². The lowest BCUT2D eigenvalue weighted by atomic mass is 10.2. The normalized spacial score (nSPS) is 21.7. The summed E-state index contributed by atoms with van der Waals surface area (Å²) in [5, 5.41) is 0. The molecule has 0 spiro atoms. The molecule has 3 rings (SSSR count). The molecule has 7 heteroatoms. The molecule has 1 aromatic carbocycles. The van der Waals surface area contributed by atoms with E-state index in [1.807, 2.05) is 4.90 Å². The number of carbonyl (C=O) groups excluding carboxylic acids is 2. The molecule has 0 bridgehead atoms. The van der Waals surface area contributed by atoms with E-state index in [2.05, 4.69) is 4.90 Å². The number of primary amides is 1. The zero-order valence-corrected chi connectivity index (χ0v) is 13.7. The lowest BCUT2D eigenvalue weighted by Crippen LogP contribution is -2.50. The topological polar surface area (TPSA) is 69.9 Å². The second kappa shape index (κ2) is 7.07. The molecule has 2 heterocycles. The van der Waals surface area contributed by atoms with E-state index in [4.69, 9.17) is 5.73 Å². The Morgan fingerprint density at radius 1 is 1.00 bits per heavy atom. The fourth-order valence-corrected chi connectivity index (χ4v) is 3.55. The number of nitrogens with zero attached hydrogens (tertiary/aromatic N) is 3. The van der Waals surface area contributed by atoms with Gasteiger partial charge in [-0.05, 0) is 43.5 Å². The number of hydrogen-bond donors (Lipinski definition) is 1. The molecule has 1 atom stereocenters. The van der Waals surface area contributed by atoms with Gasteiger partial charge in [-0.15, -0.1) is 0 Å². The van der Waals surface area contributed by atoms with Crippen molar-refractivity contribution in [1.29, 1.82) is 0 Å². The molecule has 0 unspecified atom stereocenters. The van der Waals surface area contributed by atoms with Gasteiger partial charge in [-0.3, -0.25) is 4.79 Å². The molecular weight excluding hydrogens is 311 g/mol. The van der Waals surface area contributed by atoms with Crippen LogP contribution in [0.1, 0.15) is 19.3 Å². The van der Waals surface area contributed by atoms with E-state index in [0.717, 1.165) is 25.1 Å². The number of likely N-dealkylation sites (tertiary alicyclic amines) is 1. The summed E-state index contributed by atoms with van der Waals surface area (Å²) < 4.78 is 13.1. The highest BCUT2D eigenvalue weighted by Gasteiger charge is 2.36.